The summed E-state index contributed by atoms with van der Waals surface area (Å²) in [5, 5.41) is 19.5. The van der Waals surface area contributed by atoms with Crippen LogP contribution in [-0.4, -0.2) is 10.2 Å². The minimum absolute atomic E-state index is 0.0493. The van der Waals surface area contributed by atoms with E-state index in [1.165, 1.54) is 0 Å². The van der Waals surface area contributed by atoms with Crippen LogP contribution in [0.3, 0.4) is 0 Å². The van der Waals surface area contributed by atoms with E-state index >= 15 is 0 Å². The topological polar surface area (TPSA) is 92.5 Å². The van der Waals surface area contributed by atoms with Gasteiger partial charge in [-0.25, -0.2) is 0 Å². The zero-order valence-corrected chi connectivity index (χ0v) is 10.6. The van der Waals surface area contributed by atoms with Crippen molar-refractivity contribution in [3.8, 4) is 5.75 Å². The molecule has 1 aromatic rings. The maximum atomic E-state index is 9.90. The number of aromatic hydroxyl groups is 1. The van der Waals surface area contributed by atoms with Crippen LogP contribution in [0, 0.1) is 5.41 Å². The van der Waals surface area contributed by atoms with Crippen molar-refractivity contribution in [2.75, 3.05) is 5.73 Å². The summed E-state index contributed by atoms with van der Waals surface area (Å²) in [4.78, 5) is 0. The smallest absolute Gasteiger partial charge is 0.139 e. The summed E-state index contributed by atoms with van der Waals surface area (Å²) in [6.07, 6.45) is 2.38. The number of rotatable bonds is 1. The Morgan fingerprint density at radius 3 is 2.39 bits per heavy atom. The molecular formula is C14H18N2O2. The summed E-state index contributed by atoms with van der Waals surface area (Å²) in [5.74, 6) is 0.238. The molecule has 0 amide bonds. The van der Waals surface area contributed by atoms with Gasteiger partial charge in [-0.3, -0.25) is 0 Å². The molecule has 0 atom stereocenters. The monoisotopic (exact) mass is 246 g/mol. The number of anilines is 1. The predicted octanol–water partition coefficient (Wildman–Crippen LogP) is 2.52. The lowest BCUT2D eigenvalue weighted by molar-refractivity contribution is 0.367. The molecule has 0 saturated carbocycles. The van der Waals surface area contributed by atoms with Crippen molar-refractivity contribution in [3.63, 3.8) is 0 Å². The lowest BCUT2D eigenvalue weighted by Crippen LogP contribution is -2.24. The summed E-state index contributed by atoms with van der Waals surface area (Å²) in [6.45, 7) is 3.88. The highest BCUT2D eigenvalue weighted by Crippen LogP contribution is 2.39. The quantitative estimate of drug-likeness (QED) is 0.452. The number of phenolic OH excluding ortho intramolecular Hbond substituents is 1. The normalized spacial score (nSPS) is 18.7. The van der Waals surface area contributed by atoms with Crippen LogP contribution in [0.1, 0.15) is 25.8 Å². The first-order chi connectivity index (χ1) is 8.31. The van der Waals surface area contributed by atoms with Crippen molar-refractivity contribution < 1.29 is 10.2 Å². The molecule has 1 aliphatic rings. The highest BCUT2D eigenvalue weighted by molar-refractivity contribution is 5.73. The van der Waals surface area contributed by atoms with Crippen molar-refractivity contribution >= 4 is 11.3 Å². The second-order valence-corrected chi connectivity index (χ2v) is 5.20. The van der Waals surface area contributed by atoms with E-state index in [9.17, 15) is 10.2 Å². The molecule has 0 spiro atoms. The second-order valence-electron chi connectivity index (χ2n) is 5.20. The Balaban J connectivity index is 2.44. The van der Waals surface area contributed by atoms with Gasteiger partial charge in [0.2, 0.25) is 0 Å². The maximum Gasteiger partial charge on any atom is 0.139 e. The standard InChI is InChI=1S/C14H18N2O2/c1-14(2)7-9(6-12(18)13(14)16)8-3-4-10(15)11(17)5-8/h3-5,7,17-18H,6,15-16H2,1-2H3. The molecule has 0 unspecified atom stereocenters. The van der Waals surface area contributed by atoms with E-state index in [-0.39, 0.29) is 11.5 Å². The zero-order valence-electron chi connectivity index (χ0n) is 10.6. The SMILES string of the molecule is CC1(C)C=C(c2ccc(N)c(O)c2)CC(O)=C1N. The molecule has 96 valence electrons. The fourth-order valence-corrected chi connectivity index (χ4v) is 2.14. The van der Waals surface area contributed by atoms with E-state index in [1.807, 2.05) is 26.0 Å². The number of hydrogen-bond acceptors (Lipinski definition) is 4. The molecule has 0 aliphatic heterocycles. The maximum absolute atomic E-state index is 9.90. The van der Waals surface area contributed by atoms with Crippen molar-refractivity contribution in [1.29, 1.82) is 0 Å². The van der Waals surface area contributed by atoms with E-state index in [0.29, 0.717) is 17.8 Å². The highest BCUT2D eigenvalue weighted by Gasteiger charge is 2.28. The van der Waals surface area contributed by atoms with Gasteiger partial charge >= 0.3 is 0 Å². The first-order valence-electron chi connectivity index (χ1n) is 5.80. The summed E-state index contributed by atoms with van der Waals surface area (Å²) in [6, 6.07) is 5.08. The third-order valence-electron chi connectivity index (χ3n) is 3.30. The molecule has 0 radical (unpaired) electrons. The molecule has 6 N–H and O–H groups in total. The summed E-state index contributed by atoms with van der Waals surface area (Å²) < 4.78 is 0. The van der Waals surface area contributed by atoms with E-state index in [4.69, 9.17) is 11.5 Å². The van der Waals surface area contributed by atoms with E-state index in [0.717, 1.165) is 11.1 Å². The summed E-state index contributed by atoms with van der Waals surface area (Å²) in [7, 11) is 0. The Bertz CT molecular complexity index is 557. The molecule has 4 nitrogen and oxygen atoms in total. The van der Waals surface area contributed by atoms with Crippen LogP contribution >= 0.6 is 0 Å². The van der Waals surface area contributed by atoms with Crippen molar-refractivity contribution in [1.82, 2.24) is 0 Å². The number of benzene rings is 1. The van der Waals surface area contributed by atoms with Gasteiger partial charge in [0.25, 0.3) is 0 Å². The number of nitrogen functional groups attached to an aromatic ring is 1. The average molecular weight is 246 g/mol. The molecule has 1 aromatic carbocycles. The molecule has 0 bridgehead atoms. The highest BCUT2D eigenvalue weighted by atomic mass is 16.3. The van der Waals surface area contributed by atoms with E-state index in [1.54, 1.807) is 12.1 Å². The van der Waals surface area contributed by atoms with Gasteiger partial charge in [0, 0.05) is 11.8 Å². The van der Waals surface area contributed by atoms with Gasteiger partial charge in [0.05, 0.1) is 11.4 Å². The molecule has 2 rings (SSSR count). The fourth-order valence-electron chi connectivity index (χ4n) is 2.14. The molecule has 4 heteroatoms. The number of nitrogens with two attached hydrogens (primary N) is 2. The van der Waals surface area contributed by atoms with Crippen molar-refractivity contribution in [3.05, 3.63) is 41.3 Å². The lowest BCUT2D eigenvalue weighted by atomic mass is 9.79. The van der Waals surface area contributed by atoms with Crippen LogP contribution in [-0.2, 0) is 0 Å². The fraction of sp³-hybridized carbons (Fsp3) is 0.286. The Kier molecular flexibility index (Phi) is 2.73. The van der Waals surface area contributed by atoms with Crippen molar-refractivity contribution in [2.24, 2.45) is 11.1 Å². The molecule has 1 aliphatic carbocycles. The Labute approximate surface area is 106 Å². The molecule has 18 heavy (non-hydrogen) atoms. The van der Waals surface area contributed by atoms with Gasteiger partial charge in [0.15, 0.2) is 0 Å². The molecule has 0 saturated heterocycles. The van der Waals surface area contributed by atoms with E-state index in [2.05, 4.69) is 0 Å². The largest absolute Gasteiger partial charge is 0.510 e. The Morgan fingerprint density at radius 1 is 1.17 bits per heavy atom. The first-order valence-corrected chi connectivity index (χ1v) is 5.80. The predicted molar refractivity (Wildman–Crippen MR) is 72.7 cm³/mol. The van der Waals surface area contributed by atoms with E-state index < -0.39 is 5.41 Å². The third-order valence-corrected chi connectivity index (χ3v) is 3.30. The molecule has 0 heterocycles. The minimum atomic E-state index is -0.394. The summed E-state index contributed by atoms with van der Waals surface area (Å²) in [5.41, 5.74) is 13.7. The Hall–Kier alpha value is -2.10. The van der Waals surface area contributed by atoms with Gasteiger partial charge in [-0.1, -0.05) is 26.0 Å². The molecular weight excluding hydrogens is 228 g/mol. The van der Waals surface area contributed by atoms with Gasteiger partial charge in [-0.2, -0.15) is 0 Å². The molecule has 0 fully saturated rings. The van der Waals surface area contributed by atoms with Gasteiger partial charge in [-0.05, 0) is 23.3 Å². The first kappa shape index (κ1) is 12.4. The summed E-state index contributed by atoms with van der Waals surface area (Å²) >= 11 is 0. The van der Waals surface area contributed by atoms with Crippen LogP contribution in [0.15, 0.2) is 35.7 Å². The number of hydrogen-bond donors (Lipinski definition) is 4. The van der Waals surface area contributed by atoms with Crippen molar-refractivity contribution in [2.45, 2.75) is 20.3 Å². The van der Waals surface area contributed by atoms with Crippen LogP contribution in [0.4, 0.5) is 5.69 Å². The minimum Gasteiger partial charge on any atom is -0.510 e. The van der Waals surface area contributed by atoms with Gasteiger partial charge < -0.3 is 21.7 Å². The van der Waals surface area contributed by atoms with Gasteiger partial charge in [0.1, 0.15) is 11.5 Å². The second kappa shape index (κ2) is 3.98. The lowest BCUT2D eigenvalue weighted by Gasteiger charge is -2.29. The number of allylic oxidation sites excluding steroid dienone is 2. The average Bonchev–Trinajstić information content (AvgIpc) is 2.29. The van der Waals surface area contributed by atoms with Crippen LogP contribution < -0.4 is 11.5 Å². The van der Waals surface area contributed by atoms with Crippen LogP contribution in [0.25, 0.3) is 5.57 Å². The third kappa shape index (κ3) is 2.01. The molecule has 0 aromatic heterocycles. The van der Waals surface area contributed by atoms with Crippen LogP contribution in [0.5, 0.6) is 5.75 Å². The zero-order chi connectivity index (χ0) is 13.5. The number of phenols is 1. The van der Waals surface area contributed by atoms with Gasteiger partial charge in [-0.15, -0.1) is 0 Å². The number of aliphatic hydroxyl groups is 1. The number of aliphatic hydroxyl groups excluding tert-OH is 1. The Morgan fingerprint density at radius 2 is 1.83 bits per heavy atom. The van der Waals surface area contributed by atoms with Crippen LogP contribution in [0.2, 0.25) is 0 Å².